The van der Waals surface area contributed by atoms with Crippen molar-refractivity contribution in [3.05, 3.63) is 35.4 Å². The van der Waals surface area contributed by atoms with E-state index in [4.69, 9.17) is 9.84 Å². The van der Waals surface area contributed by atoms with Gasteiger partial charge in [0.05, 0.1) is 0 Å². The van der Waals surface area contributed by atoms with Crippen LogP contribution in [0.15, 0.2) is 24.3 Å². The Morgan fingerprint density at radius 1 is 1.29 bits per heavy atom. The zero-order valence-corrected chi connectivity index (χ0v) is 13.5. The summed E-state index contributed by atoms with van der Waals surface area (Å²) in [7, 11) is 0. The van der Waals surface area contributed by atoms with Crippen molar-refractivity contribution in [2.75, 3.05) is 6.61 Å². The number of hydrogen-bond donors (Lipinski definition) is 2. The van der Waals surface area contributed by atoms with E-state index >= 15 is 0 Å². The maximum Gasteiger partial charge on any atom is 0.407 e. The monoisotopic (exact) mass is 293 g/mol. The maximum atomic E-state index is 11.7. The maximum absolute atomic E-state index is 11.7. The van der Waals surface area contributed by atoms with E-state index in [1.807, 2.05) is 39.8 Å². The number of aryl methyl sites for hydroxylation is 1. The van der Waals surface area contributed by atoms with Crippen LogP contribution in [0, 0.1) is 0 Å². The van der Waals surface area contributed by atoms with E-state index in [1.54, 1.807) is 0 Å². The fourth-order valence-corrected chi connectivity index (χ4v) is 2.03. The first-order valence-corrected chi connectivity index (χ1v) is 7.48. The number of alkyl carbamates (subject to hydrolysis) is 1. The van der Waals surface area contributed by atoms with E-state index in [1.165, 1.54) is 5.56 Å². The van der Waals surface area contributed by atoms with E-state index in [2.05, 4.69) is 17.4 Å². The molecule has 0 fully saturated rings. The summed E-state index contributed by atoms with van der Waals surface area (Å²) in [5, 5.41) is 11.8. The van der Waals surface area contributed by atoms with Gasteiger partial charge >= 0.3 is 6.09 Å². The molecule has 1 aromatic carbocycles. The molecule has 2 N–H and O–H groups in total. The molecule has 0 aliphatic rings. The average molecular weight is 293 g/mol. The zero-order valence-electron chi connectivity index (χ0n) is 13.5. The summed E-state index contributed by atoms with van der Waals surface area (Å²) in [6, 6.07) is 8.26. The van der Waals surface area contributed by atoms with Gasteiger partial charge in [0.25, 0.3) is 0 Å². The van der Waals surface area contributed by atoms with Crippen LogP contribution >= 0.6 is 0 Å². The summed E-state index contributed by atoms with van der Waals surface area (Å²) in [5.41, 5.74) is 1.89. The molecular weight excluding hydrogens is 266 g/mol. The third-order valence-electron chi connectivity index (χ3n) is 3.02. The van der Waals surface area contributed by atoms with Crippen LogP contribution in [-0.4, -0.2) is 29.4 Å². The van der Waals surface area contributed by atoms with Crippen LogP contribution in [0.2, 0.25) is 0 Å². The second-order valence-corrected chi connectivity index (χ2v) is 6.38. The molecule has 0 saturated heterocycles. The van der Waals surface area contributed by atoms with Gasteiger partial charge < -0.3 is 15.2 Å². The van der Waals surface area contributed by atoms with Crippen LogP contribution in [0.3, 0.4) is 0 Å². The number of nitrogens with one attached hydrogen (secondary N) is 1. The molecule has 0 bridgehead atoms. The second-order valence-electron chi connectivity index (χ2n) is 6.38. The van der Waals surface area contributed by atoms with Crippen molar-refractivity contribution in [1.82, 2.24) is 5.32 Å². The third kappa shape index (κ3) is 7.71. The highest BCUT2D eigenvalue weighted by Crippen LogP contribution is 2.11. The number of carbonyl (C=O) groups is 1. The summed E-state index contributed by atoms with van der Waals surface area (Å²) in [5.74, 6) is 0. The second kappa shape index (κ2) is 8.03. The van der Waals surface area contributed by atoms with E-state index < -0.39 is 5.60 Å². The van der Waals surface area contributed by atoms with Gasteiger partial charge in [0.1, 0.15) is 5.60 Å². The van der Waals surface area contributed by atoms with Crippen molar-refractivity contribution in [2.45, 2.75) is 58.6 Å². The van der Waals surface area contributed by atoms with Crippen LogP contribution in [0.4, 0.5) is 4.79 Å². The van der Waals surface area contributed by atoms with Gasteiger partial charge in [0.2, 0.25) is 0 Å². The highest BCUT2D eigenvalue weighted by molar-refractivity contribution is 5.68. The van der Waals surface area contributed by atoms with Gasteiger partial charge in [0, 0.05) is 12.6 Å². The molecular formula is C17H27NO3. The molecule has 21 heavy (non-hydrogen) atoms. The molecule has 0 heterocycles. The molecule has 4 nitrogen and oxygen atoms in total. The Morgan fingerprint density at radius 3 is 2.48 bits per heavy atom. The van der Waals surface area contributed by atoms with E-state index in [9.17, 15) is 4.79 Å². The third-order valence-corrected chi connectivity index (χ3v) is 3.02. The fourth-order valence-electron chi connectivity index (χ4n) is 2.03. The molecule has 1 unspecified atom stereocenters. The van der Waals surface area contributed by atoms with E-state index in [-0.39, 0.29) is 18.7 Å². The van der Waals surface area contributed by atoms with Gasteiger partial charge in [-0.05, 0) is 58.1 Å². The van der Waals surface area contributed by atoms with Crippen molar-refractivity contribution in [1.29, 1.82) is 0 Å². The molecule has 1 amide bonds. The molecule has 0 spiro atoms. The predicted octanol–water partition coefficient (Wildman–Crippen LogP) is 3.07. The first-order chi connectivity index (χ1) is 9.80. The first-order valence-electron chi connectivity index (χ1n) is 7.48. The van der Waals surface area contributed by atoms with Gasteiger partial charge in [0.15, 0.2) is 0 Å². The number of amides is 1. The van der Waals surface area contributed by atoms with Gasteiger partial charge in [-0.2, -0.15) is 0 Å². The van der Waals surface area contributed by atoms with Crippen LogP contribution in [0.25, 0.3) is 0 Å². The molecule has 118 valence electrons. The molecule has 0 aliphatic heterocycles. The zero-order chi connectivity index (χ0) is 15.9. The molecule has 0 radical (unpaired) electrons. The molecule has 0 aromatic heterocycles. The first kappa shape index (κ1) is 17.5. The lowest BCUT2D eigenvalue weighted by atomic mass is 10.0. The number of carbonyl (C=O) groups excluding carboxylic acids is 1. The Labute approximate surface area is 127 Å². The normalized spacial score (nSPS) is 12.8. The van der Waals surface area contributed by atoms with Gasteiger partial charge in [-0.25, -0.2) is 4.79 Å². The van der Waals surface area contributed by atoms with E-state index in [0.717, 1.165) is 18.4 Å². The number of hydrogen-bond acceptors (Lipinski definition) is 3. The Hall–Kier alpha value is -1.55. The quantitative estimate of drug-likeness (QED) is 0.847. The number of benzene rings is 1. The fraction of sp³-hybridized carbons (Fsp3) is 0.588. The van der Waals surface area contributed by atoms with Crippen molar-refractivity contribution in [3.8, 4) is 0 Å². The molecule has 0 saturated carbocycles. The standard InChI is InChI=1S/C17H27NO3/c1-13(18-16(20)21-17(2,3)4)8-9-14-6-5-7-15(12-14)10-11-19/h5-7,12-13,19H,8-11H2,1-4H3,(H,18,20). The topological polar surface area (TPSA) is 58.6 Å². The molecule has 1 atom stereocenters. The summed E-state index contributed by atoms with van der Waals surface area (Å²) in [6.45, 7) is 7.69. The van der Waals surface area contributed by atoms with Crippen molar-refractivity contribution < 1.29 is 14.6 Å². The summed E-state index contributed by atoms with van der Waals surface area (Å²) < 4.78 is 5.23. The highest BCUT2D eigenvalue weighted by Gasteiger charge is 2.17. The smallest absolute Gasteiger partial charge is 0.407 e. The number of rotatable bonds is 6. The molecule has 4 heteroatoms. The Kier molecular flexibility index (Phi) is 6.69. The van der Waals surface area contributed by atoms with Crippen LogP contribution in [-0.2, 0) is 17.6 Å². The lowest BCUT2D eigenvalue weighted by molar-refractivity contribution is 0.0506. The van der Waals surface area contributed by atoms with Crippen molar-refractivity contribution in [3.63, 3.8) is 0 Å². The lowest BCUT2D eigenvalue weighted by Crippen LogP contribution is -2.37. The summed E-state index contributed by atoms with van der Waals surface area (Å²) in [6.07, 6.45) is 2.04. The summed E-state index contributed by atoms with van der Waals surface area (Å²) in [4.78, 5) is 11.7. The van der Waals surface area contributed by atoms with Crippen LogP contribution in [0.1, 0.15) is 45.2 Å². The van der Waals surface area contributed by atoms with Crippen molar-refractivity contribution >= 4 is 6.09 Å². The van der Waals surface area contributed by atoms with Gasteiger partial charge in [-0.1, -0.05) is 24.3 Å². The minimum atomic E-state index is -0.470. The SMILES string of the molecule is CC(CCc1cccc(CCO)c1)NC(=O)OC(C)(C)C. The largest absolute Gasteiger partial charge is 0.444 e. The minimum absolute atomic E-state index is 0.0568. The number of ether oxygens (including phenoxy) is 1. The molecule has 0 aliphatic carbocycles. The number of aliphatic hydroxyl groups is 1. The van der Waals surface area contributed by atoms with E-state index in [0.29, 0.717) is 6.42 Å². The Balaban J connectivity index is 2.40. The number of aliphatic hydroxyl groups excluding tert-OH is 1. The van der Waals surface area contributed by atoms with Gasteiger partial charge in [-0.15, -0.1) is 0 Å². The molecule has 1 rings (SSSR count). The minimum Gasteiger partial charge on any atom is -0.444 e. The molecule has 1 aromatic rings. The van der Waals surface area contributed by atoms with Crippen LogP contribution in [0.5, 0.6) is 0 Å². The van der Waals surface area contributed by atoms with Crippen LogP contribution < -0.4 is 5.32 Å². The predicted molar refractivity (Wildman–Crippen MR) is 84.4 cm³/mol. The highest BCUT2D eigenvalue weighted by atomic mass is 16.6. The average Bonchev–Trinajstić information content (AvgIpc) is 2.35. The van der Waals surface area contributed by atoms with Gasteiger partial charge in [-0.3, -0.25) is 0 Å². The Morgan fingerprint density at radius 2 is 1.90 bits per heavy atom. The van der Waals surface area contributed by atoms with Crippen molar-refractivity contribution in [2.24, 2.45) is 0 Å². The Bertz CT molecular complexity index is 452. The lowest BCUT2D eigenvalue weighted by Gasteiger charge is -2.22. The summed E-state index contributed by atoms with van der Waals surface area (Å²) >= 11 is 0.